The third-order valence-corrected chi connectivity index (χ3v) is 3.95. The third-order valence-electron chi connectivity index (χ3n) is 3.95. The minimum absolute atomic E-state index is 0.374. The highest BCUT2D eigenvalue weighted by Gasteiger charge is 2.21. The predicted octanol–water partition coefficient (Wildman–Crippen LogP) is 1.84. The summed E-state index contributed by atoms with van der Waals surface area (Å²) in [4.78, 5) is 15.0. The fraction of sp³-hybridized carbons (Fsp3) is 0.533. The molecule has 1 aliphatic heterocycles. The Bertz CT molecular complexity index is 440. The van der Waals surface area contributed by atoms with Crippen LogP contribution in [0.3, 0.4) is 0 Å². The zero-order valence-corrected chi connectivity index (χ0v) is 11.9. The molecule has 104 valence electrons. The molecule has 19 heavy (non-hydrogen) atoms. The second kappa shape index (κ2) is 6.06. The molecule has 1 saturated heterocycles. The highest BCUT2D eigenvalue weighted by atomic mass is 16.5. The number of nitrogens with zero attached hydrogens (tertiary/aromatic N) is 2. The van der Waals surface area contributed by atoms with E-state index < -0.39 is 0 Å². The molecule has 1 heterocycles. The largest absolute Gasteiger partial charge is 0.496 e. The van der Waals surface area contributed by atoms with Crippen molar-refractivity contribution in [2.75, 3.05) is 33.3 Å². The van der Waals surface area contributed by atoms with Gasteiger partial charge < -0.3 is 9.64 Å². The molecule has 0 spiro atoms. The SMILES string of the molecule is COc1ccc(C(C)N2CCN(C=O)CC2)cc1C. The van der Waals surface area contributed by atoms with Crippen molar-refractivity contribution in [1.82, 2.24) is 9.80 Å². The van der Waals surface area contributed by atoms with Gasteiger partial charge in [0.15, 0.2) is 0 Å². The smallest absolute Gasteiger partial charge is 0.209 e. The Balaban J connectivity index is 2.05. The van der Waals surface area contributed by atoms with Crippen molar-refractivity contribution >= 4 is 6.41 Å². The molecule has 1 aromatic carbocycles. The van der Waals surface area contributed by atoms with E-state index in [1.54, 1.807) is 7.11 Å². The van der Waals surface area contributed by atoms with Crippen LogP contribution in [0.2, 0.25) is 0 Å². The van der Waals surface area contributed by atoms with Crippen LogP contribution in [0.15, 0.2) is 18.2 Å². The van der Waals surface area contributed by atoms with Gasteiger partial charge in [0, 0.05) is 32.2 Å². The van der Waals surface area contributed by atoms with Gasteiger partial charge in [0.25, 0.3) is 0 Å². The summed E-state index contributed by atoms with van der Waals surface area (Å²) in [5, 5.41) is 0. The van der Waals surface area contributed by atoms with Gasteiger partial charge in [0.05, 0.1) is 7.11 Å². The summed E-state index contributed by atoms with van der Waals surface area (Å²) in [6, 6.07) is 6.72. The van der Waals surface area contributed by atoms with E-state index in [0.717, 1.165) is 38.3 Å². The zero-order chi connectivity index (χ0) is 13.8. The van der Waals surface area contributed by atoms with Crippen LogP contribution in [-0.2, 0) is 4.79 Å². The molecule has 4 nitrogen and oxygen atoms in total. The summed E-state index contributed by atoms with van der Waals surface area (Å²) in [5.41, 5.74) is 2.47. The number of hydrogen-bond donors (Lipinski definition) is 0. The molecule has 1 fully saturated rings. The number of methoxy groups -OCH3 is 1. The van der Waals surface area contributed by atoms with Gasteiger partial charge in [-0.15, -0.1) is 0 Å². The van der Waals surface area contributed by atoms with Crippen molar-refractivity contribution in [3.05, 3.63) is 29.3 Å². The summed E-state index contributed by atoms with van der Waals surface area (Å²) >= 11 is 0. The molecule has 0 N–H and O–H groups in total. The first-order chi connectivity index (χ1) is 9.15. The van der Waals surface area contributed by atoms with Gasteiger partial charge in [0.1, 0.15) is 5.75 Å². The Labute approximate surface area is 115 Å². The topological polar surface area (TPSA) is 32.8 Å². The Morgan fingerprint density at radius 3 is 2.47 bits per heavy atom. The van der Waals surface area contributed by atoms with Crippen molar-refractivity contribution in [3.63, 3.8) is 0 Å². The van der Waals surface area contributed by atoms with E-state index in [2.05, 4.69) is 30.9 Å². The van der Waals surface area contributed by atoms with Crippen LogP contribution in [0.25, 0.3) is 0 Å². The van der Waals surface area contributed by atoms with Crippen LogP contribution in [0.4, 0.5) is 0 Å². The Kier molecular flexibility index (Phi) is 4.43. The summed E-state index contributed by atoms with van der Waals surface area (Å²) in [6.07, 6.45) is 0.944. The molecule has 1 amide bonds. The first kappa shape index (κ1) is 13.9. The van der Waals surface area contributed by atoms with Crippen LogP contribution >= 0.6 is 0 Å². The van der Waals surface area contributed by atoms with Crippen LogP contribution < -0.4 is 4.74 Å². The maximum absolute atomic E-state index is 10.7. The highest BCUT2D eigenvalue weighted by Crippen LogP contribution is 2.26. The summed E-state index contributed by atoms with van der Waals surface area (Å²) in [5.74, 6) is 0.932. The lowest BCUT2D eigenvalue weighted by Gasteiger charge is -2.36. The number of aryl methyl sites for hydroxylation is 1. The van der Waals surface area contributed by atoms with Crippen LogP contribution in [0.1, 0.15) is 24.1 Å². The number of carbonyl (C=O) groups is 1. The lowest BCUT2D eigenvalue weighted by atomic mass is 10.0. The number of benzene rings is 1. The van der Waals surface area contributed by atoms with Gasteiger partial charge in [-0.25, -0.2) is 0 Å². The van der Waals surface area contributed by atoms with E-state index in [1.807, 2.05) is 11.0 Å². The number of amides is 1. The fourth-order valence-electron chi connectivity index (χ4n) is 2.60. The maximum atomic E-state index is 10.7. The van der Waals surface area contributed by atoms with Gasteiger partial charge in [-0.05, 0) is 31.0 Å². The number of hydrogen-bond acceptors (Lipinski definition) is 3. The molecule has 1 aliphatic rings. The number of ether oxygens (including phenoxy) is 1. The normalized spacial score (nSPS) is 18.2. The number of carbonyl (C=O) groups excluding carboxylic acids is 1. The van der Waals surface area contributed by atoms with Gasteiger partial charge in [-0.1, -0.05) is 12.1 Å². The predicted molar refractivity (Wildman–Crippen MR) is 75.4 cm³/mol. The average molecular weight is 262 g/mol. The molecular weight excluding hydrogens is 240 g/mol. The molecule has 0 aromatic heterocycles. The molecule has 0 radical (unpaired) electrons. The zero-order valence-electron chi connectivity index (χ0n) is 11.9. The van der Waals surface area contributed by atoms with Crippen LogP contribution in [-0.4, -0.2) is 49.5 Å². The summed E-state index contributed by atoms with van der Waals surface area (Å²) in [7, 11) is 1.70. The van der Waals surface area contributed by atoms with E-state index in [-0.39, 0.29) is 0 Å². The summed E-state index contributed by atoms with van der Waals surface area (Å²) < 4.78 is 5.29. The van der Waals surface area contributed by atoms with Crippen molar-refractivity contribution in [2.24, 2.45) is 0 Å². The third kappa shape index (κ3) is 3.07. The van der Waals surface area contributed by atoms with Gasteiger partial charge in [-0.2, -0.15) is 0 Å². The quantitative estimate of drug-likeness (QED) is 0.776. The van der Waals surface area contributed by atoms with Crippen molar-refractivity contribution in [1.29, 1.82) is 0 Å². The van der Waals surface area contributed by atoms with Crippen molar-refractivity contribution < 1.29 is 9.53 Å². The second-order valence-electron chi connectivity index (χ2n) is 5.08. The molecule has 1 aromatic rings. The van der Waals surface area contributed by atoms with E-state index in [4.69, 9.17) is 4.74 Å². The Morgan fingerprint density at radius 2 is 1.95 bits per heavy atom. The molecule has 0 saturated carbocycles. The Hall–Kier alpha value is -1.55. The first-order valence-corrected chi connectivity index (χ1v) is 6.73. The molecule has 2 rings (SSSR count). The van der Waals surface area contributed by atoms with Crippen LogP contribution in [0, 0.1) is 6.92 Å². The average Bonchev–Trinajstić information content (AvgIpc) is 2.46. The first-order valence-electron chi connectivity index (χ1n) is 6.73. The minimum Gasteiger partial charge on any atom is -0.496 e. The highest BCUT2D eigenvalue weighted by molar-refractivity contribution is 5.47. The van der Waals surface area contributed by atoms with E-state index in [9.17, 15) is 4.79 Å². The van der Waals surface area contributed by atoms with Crippen molar-refractivity contribution in [2.45, 2.75) is 19.9 Å². The van der Waals surface area contributed by atoms with Gasteiger partial charge in [-0.3, -0.25) is 9.69 Å². The molecule has 0 bridgehead atoms. The molecular formula is C15H22N2O2. The van der Waals surface area contributed by atoms with Crippen LogP contribution in [0.5, 0.6) is 5.75 Å². The standard InChI is InChI=1S/C15H22N2O2/c1-12-10-14(4-5-15(12)19-3)13(2)17-8-6-16(11-18)7-9-17/h4-5,10-11,13H,6-9H2,1-3H3. The number of rotatable bonds is 4. The van der Waals surface area contributed by atoms with E-state index >= 15 is 0 Å². The monoisotopic (exact) mass is 262 g/mol. The molecule has 0 aliphatic carbocycles. The van der Waals surface area contributed by atoms with E-state index in [1.165, 1.54) is 11.1 Å². The second-order valence-corrected chi connectivity index (χ2v) is 5.08. The number of piperazine rings is 1. The Morgan fingerprint density at radius 1 is 1.26 bits per heavy atom. The lowest BCUT2D eigenvalue weighted by molar-refractivity contribution is -0.120. The van der Waals surface area contributed by atoms with Crippen molar-refractivity contribution in [3.8, 4) is 5.75 Å². The maximum Gasteiger partial charge on any atom is 0.209 e. The minimum atomic E-state index is 0.374. The summed E-state index contributed by atoms with van der Waals surface area (Å²) in [6.45, 7) is 7.80. The van der Waals surface area contributed by atoms with E-state index in [0.29, 0.717) is 6.04 Å². The molecule has 1 atom stereocenters. The van der Waals surface area contributed by atoms with Gasteiger partial charge in [0.2, 0.25) is 6.41 Å². The van der Waals surface area contributed by atoms with Gasteiger partial charge >= 0.3 is 0 Å². The fourth-order valence-corrected chi connectivity index (χ4v) is 2.60. The molecule has 4 heteroatoms. The molecule has 1 unspecified atom stereocenters. The lowest BCUT2D eigenvalue weighted by Crippen LogP contribution is -2.46.